The molecule has 0 aliphatic heterocycles. The Bertz CT molecular complexity index is 654. The molecule has 1 N–H and O–H groups in total. The van der Waals surface area contributed by atoms with E-state index >= 15 is 0 Å². The Labute approximate surface area is 109 Å². The van der Waals surface area contributed by atoms with Gasteiger partial charge in [0.1, 0.15) is 5.82 Å². The largest absolute Gasteiger partial charge is 0.392 e. The number of aliphatic hydroxyl groups excluding tert-OH is 1. The topological polar surface area (TPSA) is 20.2 Å². The van der Waals surface area contributed by atoms with E-state index in [9.17, 15) is 26.3 Å². The number of hydrogen-bond donors (Lipinski definition) is 1. The Morgan fingerprint density at radius 1 is 0.700 bits per heavy atom. The zero-order valence-corrected chi connectivity index (χ0v) is 9.65. The molecule has 0 aliphatic carbocycles. The molecule has 0 radical (unpaired) electrons. The van der Waals surface area contributed by atoms with Gasteiger partial charge in [-0.05, 0) is 29.3 Å². The third kappa shape index (κ3) is 2.24. The van der Waals surface area contributed by atoms with Gasteiger partial charge < -0.3 is 5.11 Å². The minimum absolute atomic E-state index is 0.0658. The van der Waals surface area contributed by atoms with Crippen molar-refractivity contribution >= 4 is 0 Å². The molecule has 0 unspecified atom stereocenters. The molecular weight excluding hydrogens is 286 g/mol. The van der Waals surface area contributed by atoms with Crippen LogP contribution in [-0.4, -0.2) is 5.11 Å². The molecule has 0 amide bonds. The highest BCUT2D eigenvalue weighted by Gasteiger charge is 2.26. The predicted molar refractivity (Wildman–Crippen MR) is 57.5 cm³/mol. The summed E-state index contributed by atoms with van der Waals surface area (Å²) in [5, 5.41) is 8.86. The van der Waals surface area contributed by atoms with Crippen molar-refractivity contribution in [1.82, 2.24) is 0 Å². The summed E-state index contributed by atoms with van der Waals surface area (Å²) in [5.41, 5.74) is -1.86. The smallest absolute Gasteiger partial charge is 0.200 e. The van der Waals surface area contributed by atoms with Gasteiger partial charge in [-0.3, -0.25) is 0 Å². The van der Waals surface area contributed by atoms with Gasteiger partial charge in [0.15, 0.2) is 23.3 Å². The first-order valence-corrected chi connectivity index (χ1v) is 5.29. The van der Waals surface area contributed by atoms with E-state index in [0.717, 1.165) is 12.1 Å². The molecule has 0 spiro atoms. The van der Waals surface area contributed by atoms with E-state index in [0.29, 0.717) is 6.07 Å². The first-order valence-electron chi connectivity index (χ1n) is 5.29. The van der Waals surface area contributed by atoms with E-state index in [1.165, 1.54) is 0 Å². The van der Waals surface area contributed by atoms with Gasteiger partial charge >= 0.3 is 0 Å². The monoisotopic (exact) mass is 292 g/mol. The molecule has 20 heavy (non-hydrogen) atoms. The van der Waals surface area contributed by atoms with Crippen molar-refractivity contribution in [2.45, 2.75) is 6.61 Å². The number of hydrogen-bond acceptors (Lipinski definition) is 1. The Morgan fingerprint density at radius 2 is 1.20 bits per heavy atom. The fourth-order valence-corrected chi connectivity index (χ4v) is 1.74. The normalized spacial score (nSPS) is 10.9. The van der Waals surface area contributed by atoms with E-state index in [1.807, 2.05) is 0 Å². The maximum absolute atomic E-state index is 13.5. The van der Waals surface area contributed by atoms with Gasteiger partial charge in [0.2, 0.25) is 5.82 Å². The standard InChI is InChI=1S/C13H6F6O/c14-7-2-5(4-20)1-6(3-7)8-9(15)11(17)13(19)12(18)10(8)16/h1-3,20H,4H2. The Kier molecular flexibility index (Phi) is 3.71. The molecule has 0 fully saturated rings. The first-order chi connectivity index (χ1) is 9.36. The summed E-state index contributed by atoms with van der Waals surface area (Å²) in [5.74, 6) is -11.6. The molecule has 106 valence electrons. The fourth-order valence-electron chi connectivity index (χ4n) is 1.74. The zero-order chi connectivity index (χ0) is 15.0. The highest BCUT2D eigenvalue weighted by molar-refractivity contribution is 5.66. The lowest BCUT2D eigenvalue weighted by atomic mass is 10.0. The number of halogens is 6. The fraction of sp³-hybridized carbons (Fsp3) is 0.0769. The van der Waals surface area contributed by atoms with Crippen LogP contribution in [-0.2, 0) is 6.61 Å². The molecule has 0 aromatic heterocycles. The number of rotatable bonds is 2. The lowest BCUT2D eigenvalue weighted by Crippen LogP contribution is -2.04. The molecule has 0 saturated carbocycles. The Hall–Kier alpha value is -2.02. The van der Waals surface area contributed by atoms with Crippen molar-refractivity contribution < 1.29 is 31.4 Å². The van der Waals surface area contributed by atoms with E-state index in [-0.39, 0.29) is 5.56 Å². The van der Waals surface area contributed by atoms with Gasteiger partial charge in [-0.15, -0.1) is 0 Å². The number of aliphatic hydroxyl groups is 1. The average molecular weight is 292 g/mol. The molecule has 0 saturated heterocycles. The maximum Gasteiger partial charge on any atom is 0.200 e. The van der Waals surface area contributed by atoms with Crippen molar-refractivity contribution in [3.63, 3.8) is 0 Å². The lowest BCUT2D eigenvalue weighted by Gasteiger charge is -2.09. The second-order valence-electron chi connectivity index (χ2n) is 3.95. The van der Waals surface area contributed by atoms with Crippen LogP contribution >= 0.6 is 0 Å². The minimum atomic E-state index is -2.29. The van der Waals surface area contributed by atoms with E-state index in [4.69, 9.17) is 5.11 Å². The molecule has 0 heterocycles. The average Bonchev–Trinajstić information content (AvgIpc) is 2.42. The van der Waals surface area contributed by atoms with E-state index in [2.05, 4.69) is 0 Å². The molecule has 7 heteroatoms. The lowest BCUT2D eigenvalue weighted by molar-refractivity contribution is 0.281. The summed E-state index contributed by atoms with van der Waals surface area (Å²) in [4.78, 5) is 0. The summed E-state index contributed by atoms with van der Waals surface area (Å²) in [6.07, 6.45) is 0. The molecule has 0 aliphatic rings. The zero-order valence-electron chi connectivity index (χ0n) is 9.65. The third-order valence-electron chi connectivity index (χ3n) is 2.64. The molecular formula is C13H6F6O. The van der Waals surface area contributed by atoms with Gasteiger partial charge in [-0.1, -0.05) is 0 Å². The van der Waals surface area contributed by atoms with Gasteiger partial charge in [0.05, 0.1) is 12.2 Å². The van der Waals surface area contributed by atoms with Crippen LogP contribution < -0.4 is 0 Å². The van der Waals surface area contributed by atoms with Crippen LogP contribution in [0.4, 0.5) is 26.3 Å². The molecule has 0 atom stereocenters. The molecule has 2 rings (SSSR count). The van der Waals surface area contributed by atoms with Gasteiger partial charge in [0, 0.05) is 0 Å². The highest BCUT2D eigenvalue weighted by Crippen LogP contribution is 2.32. The Morgan fingerprint density at radius 3 is 1.70 bits per heavy atom. The van der Waals surface area contributed by atoms with Crippen LogP contribution in [0.25, 0.3) is 11.1 Å². The summed E-state index contributed by atoms with van der Waals surface area (Å²) >= 11 is 0. The third-order valence-corrected chi connectivity index (χ3v) is 2.64. The van der Waals surface area contributed by atoms with Crippen LogP contribution in [0.5, 0.6) is 0 Å². The van der Waals surface area contributed by atoms with Crippen LogP contribution in [0.3, 0.4) is 0 Å². The first kappa shape index (κ1) is 14.4. The second-order valence-corrected chi connectivity index (χ2v) is 3.95. The summed E-state index contributed by atoms with van der Waals surface area (Å²) < 4.78 is 79.4. The highest BCUT2D eigenvalue weighted by atomic mass is 19.2. The predicted octanol–water partition coefficient (Wildman–Crippen LogP) is 3.68. The van der Waals surface area contributed by atoms with Crippen molar-refractivity contribution in [2.24, 2.45) is 0 Å². The second kappa shape index (κ2) is 5.16. The SMILES string of the molecule is OCc1cc(F)cc(-c2c(F)c(F)c(F)c(F)c2F)c1. The van der Waals surface area contributed by atoms with Gasteiger partial charge in [0.25, 0.3) is 0 Å². The van der Waals surface area contributed by atoms with Crippen molar-refractivity contribution in [3.05, 3.63) is 58.7 Å². The van der Waals surface area contributed by atoms with Crippen molar-refractivity contribution in [2.75, 3.05) is 0 Å². The van der Waals surface area contributed by atoms with Crippen LogP contribution in [0.15, 0.2) is 18.2 Å². The van der Waals surface area contributed by atoms with Crippen molar-refractivity contribution in [1.29, 1.82) is 0 Å². The van der Waals surface area contributed by atoms with Gasteiger partial charge in [-0.25, -0.2) is 26.3 Å². The molecule has 2 aromatic rings. The minimum Gasteiger partial charge on any atom is -0.392 e. The summed E-state index contributed by atoms with van der Waals surface area (Å²) in [6.45, 7) is -0.653. The van der Waals surface area contributed by atoms with E-state index < -0.39 is 52.6 Å². The van der Waals surface area contributed by atoms with Crippen molar-refractivity contribution in [3.8, 4) is 11.1 Å². The van der Waals surface area contributed by atoms with Crippen LogP contribution in [0.1, 0.15) is 5.56 Å². The van der Waals surface area contributed by atoms with E-state index in [1.54, 1.807) is 0 Å². The quantitative estimate of drug-likeness (QED) is 0.508. The molecule has 2 aromatic carbocycles. The number of benzene rings is 2. The summed E-state index contributed by atoms with van der Waals surface area (Å²) in [7, 11) is 0. The summed E-state index contributed by atoms with van der Waals surface area (Å²) in [6, 6.07) is 2.41. The molecule has 0 bridgehead atoms. The van der Waals surface area contributed by atoms with Crippen LogP contribution in [0.2, 0.25) is 0 Å². The Balaban J connectivity index is 2.79. The maximum atomic E-state index is 13.5. The van der Waals surface area contributed by atoms with Crippen LogP contribution in [0, 0.1) is 34.9 Å². The molecule has 1 nitrogen and oxygen atoms in total. The van der Waals surface area contributed by atoms with Gasteiger partial charge in [-0.2, -0.15) is 0 Å².